The molecule has 158 valence electrons. The topological polar surface area (TPSA) is 84.6 Å². The van der Waals surface area contributed by atoms with E-state index in [1.165, 1.54) is 0 Å². The summed E-state index contributed by atoms with van der Waals surface area (Å²) in [5, 5.41) is 10.4. The molecule has 0 spiro atoms. The number of β-amino-alcohol motifs (C(OH)–C–C–N with tert-alkyl or cyclic N) is 1. The van der Waals surface area contributed by atoms with Gasteiger partial charge in [0.2, 0.25) is 0 Å². The minimum absolute atomic E-state index is 0.163. The van der Waals surface area contributed by atoms with Gasteiger partial charge in [-0.2, -0.15) is 0 Å². The molecule has 2 aromatic rings. The number of hydrogen-bond donors (Lipinski definition) is 1. The predicted octanol–water partition coefficient (Wildman–Crippen LogP) is 2.47. The van der Waals surface area contributed by atoms with Gasteiger partial charge in [-0.25, -0.2) is 4.79 Å². The maximum Gasteiger partial charge on any atom is 0.409 e. The zero-order valence-corrected chi connectivity index (χ0v) is 16.9. The van der Waals surface area contributed by atoms with Gasteiger partial charge in [0.1, 0.15) is 24.2 Å². The van der Waals surface area contributed by atoms with Crippen molar-refractivity contribution < 1.29 is 28.5 Å². The number of carbonyl (C=O) groups is 1. The van der Waals surface area contributed by atoms with Crippen molar-refractivity contribution in [2.75, 3.05) is 53.0 Å². The Hall–Kier alpha value is -2.71. The quantitative estimate of drug-likeness (QED) is 0.723. The fourth-order valence-corrected chi connectivity index (χ4v) is 3.24. The number of ether oxygens (including phenoxy) is 3. The number of piperazine rings is 1. The van der Waals surface area contributed by atoms with Gasteiger partial charge in [-0.3, -0.25) is 4.90 Å². The van der Waals surface area contributed by atoms with E-state index in [1.807, 2.05) is 18.2 Å². The number of carbonyl (C=O) groups excluding carboxylic acids is 1. The minimum Gasteiger partial charge on any atom is -0.497 e. The Morgan fingerprint density at radius 1 is 1.17 bits per heavy atom. The number of furan rings is 1. The lowest BCUT2D eigenvalue weighted by Gasteiger charge is -2.34. The number of rotatable bonds is 8. The highest BCUT2D eigenvalue weighted by molar-refractivity contribution is 5.67. The molecular formula is C21H28N2O6. The molecule has 1 fully saturated rings. The summed E-state index contributed by atoms with van der Waals surface area (Å²) in [5.74, 6) is 1.29. The Balaban J connectivity index is 1.49. The molecule has 8 nitrogen and oxygen atoms in total. The smallest absolute Gasteiger partial charge is 0.409 e. The first-order chi connectivity index (χ1) is 14.1. The lowest BCUT2D eigenvalue weighted by molar-refractivity contribution is 0.0407. The van der Waals surface area contributed by atoms with Gasteiger partial charge in [-0.15, -0.1) is 0 Å². The van der Waals surface area contributed by atoms with Crippen molar-refractivity contribution in [3.63, 3.8) is 0 Å². The fourth-order valence-electron chi connectivity index (χ4n) is 3.24. The van der Waals surface area contributed by atoms with E-state index < -0.39 is 6.10 Å². The molecule has 0 radical (unpaired) electrons. The Kier molecular flexibility index (Phi) is 7.37. The van der Waals surface area contributed by atoms with Crippen LogP contribution in [-0.2, 0) is 4.74 Å². The van der Waals surface area contributed by atoms with Gasteiger partial charge in [0, 0.05) is 44.4 Å². The normalized spacial score (nSPS) is 15.8. The molecule has 29 heavy (non-hydrogen) atoms. The van der Waals surface area contributed by atoms with Gasteiger partial charge in [-0.05, 0) is 30.7 Å². The molecule has 1 saturated heterocycles. The molecule has 1 aromatic carbocycles. The van der Waals surface area contributed by atoms with Crippen LogP contribution >= 0.6 is 0 Å². The fraction of sp³-hybridized carbons (Fsp3) is 0.476. The third-order valence-corrected chi connectivity index (χ3v) is 4.78. The molecule has 1 aliphatic rings. The molecule has 1 aromatic heterocycles. The molecule has 1 N–H and O–H groups in total. The van der Waals surface area contributed by atoms with Gasteiger partial charge >= 0.3 is 6.09 Å². The molecule has 1 atom stereocenters. The summed E-state index contributed by atoms with van der Waals surface area (Å²) in [6, 6.07) is 7.44. The van der Waals surface area contributed by atoms with Crippen LogP contribution in [0.1, 0.15) is 6.92 Å². The van der Waals surface area contributed by atoms with E-state index in [0.29, 0.717) is 50.8 Å². The maximum absolute atomic E-state index is 11.8. The number of aliphatic hydroxyl groups is 1. The SMILES string of the molecule is CCOC(=O)N1CCN(CC(O)COc2cc(OC)cc(-c3ccoc3)c2)CC1. The van der Waals surface area contributed by atoms with E-state index in [4.69, 9.17) is 18.6 Å². The van der Waals surface area contributed by atoms with E-state index >= 15 is 0 Å². The van der Waals surface area contributed by atoms with Crippen LogP contribution in [0.3, 0.4) is 0 Å². The van der Waals surface area contributed by atoms with Crippen LogP contribution in [0.15, 0.2) is 41.2 Å². The molecule has 2 heterocycles. The Bertz CT molecular complexity index is 771. The van der Waals surface area contributed by atoms with E-state index in [2.05, 4.69) is 4.90 Å². The first-order valence-electron chi connectivity index (χ1n) is 9.75. The number of hydrogen-bond acceptors (Lipinski definition) is 7. The van der Waals surface area contributed by atoms with Gasteiger partial charge in [0.25, 0.3) is 0 Å². The summed E-state index contributed by atoms with van der Waals surface area (Å²) < 4.78 is 21.3. The second kappa shape index (κ2) is 10.2. The molecule has 1 amide bonds. The summed E-state index contributed by atoms with van der Waals surface area (Å²) in [6.07, 6.45) is 2.35. The summed E-state index contributed by atoms with van der Waals surface area (Å²) in [4.78, 5) is 15.6. The minimum atomic E-state index is -0.646. The number of benzene rings is 1. The molecule has 8 heteroatoms. The van der Waals surface area contributed by atoms with E-state index in [0.717, 1.165) is 11.1 Å². The highest BCUT2D eigenvalue weighted by Gasteiger charge is 2.23. The lowest BCUT2D eigenvalue weighted by Crippen LogP contribution is -2.51. The first-order valence-corrected chi connectivity index (χ1v) is 9.75. The highest BCUT2D eigenvalue weighted by Crippen LogP contribution is 2.30. The van der Waals surface area contributed by atoms with Crippen LogP contribution in [0.5, 0.6) is 11.5 Å². The zero-order valence-electron chi connectivity index (χ0n) is 16.9. The molecule has 0 bridgehead atoms. The standard InChI is InChI=1S/C21H28N2O6/c1-3-28-21(25)23-7-5-22(6-8-23)13-18(24)15-29-20-11-17(10-19(12-20)26-2)16-4-9-27-14-16/h4,9-12,14,18,24H,3,5-8,13,15H2,1-2H3. The number of amides is 1. The van der Waals surface area contributed by atoms with Crippen LogP contribution in [-0.4, -0.2) is 80.2 Å². The molecule has 0 aliphatic carbocycles. The van der Waals surface area contributed by atoms with Crippen molar-refractivity contribution in [3.05, 3.63) is 36.8 Å². The van der Waals surface area contributed by atoms with Crippen molar-refractivity contribution >= 4 is 6.09 Å². The number of aliphatic hydroxyl groups excluding tert-OH is 1. The van der Waals surface area contributed by atoms with Crippen LogP contribution < -0.4 is 9.47 Å². The summed E-state index contributed by atoms with van der Waals surface area (Å²) in [7, 11) is 1.60. The average Bonchev–Trinajstić information content (AvgIpc) is 3.28. The molecule has 1 aliphatic heterocycles. The molecular weight excluding hydrogens is 376 g/mol. The summed E-state index contributed by atoms with van der Waals surface area (Å²) in [6.45, 7) is 5.39. The lowest BCUT2D eigenvalue weighted by atomic mass is 10.1. The molecule has 1 unspecified atom stereocenters. The Morgan fingerprint density at radius 3 is 2.59 bits per heavy atom. The Morgan fingerprint density at radius 2 is 1.93 bits per heavy atom. The van der Waals surface area contributed by atoms with Gasteiger partial charge in [0.15, 0.2) is 0 Å². The molecule has 3 rings (SSSR count). The zero-order chi connectivity index (χ0) is 20.6. The van der Waals surface area contributed by atoms with Crippen LogP contribution in [0.25, 0.3) is 11.1 Å². The van der Waals surface area contributed by atoms with Crippen LogP contribution in [0.4, 0.5) is 4.79 Å². The first kappa shape index (κ1) is 21.0. The average molecular weight is 404 g/mol. The second-order valence-corrected chi connectivity index (χ2v) is 6.86. The number of nitrogens with zero attached hydrogens (tertiary/aromatic N) is 2. The van der Waals surface area contributed by atoms with Crippen molar-refractivity contribution in [2.45, 2.75) is 13.0 Å². The van der Waals surface area contributed by atoms with Crippen molar-refractivity contribution in [3.8, 4) is 22.6 Å². The van der Waals surface area contributed by atoms with Crippen LogP contribution in [0, 0.1) is 0 Å². The molecule has 0 saturated carbocycles. The predicted molar refractivity (Wildman–Crippen MR) is 107 cm³/mol. The Labute approximate surface area is 170 Å². The maximum atomic E-state index is 11.8. The van der Waals surface area contributed by atoms with E-state index in [-0.39, 0.29) is 12.7 Å². The van der Waals surface area contributed by atoms with Gasteiger partial charge in [0.05, 0.1) is 26.2 Å². The number of methoxy groups -OCH3 is 1. The third kappa shape index (κ3) is 5.88. The summed E-state index contributed by atoms with van der Waals surface area (Å²) >= 11 is 0. The van der Waals surface area contributed by atoms with Crippen molar-refractivity contribution in [1.29, 1.82) is 0 Å². The van der Waals surface area contributed by atoms with Crippen LogP contribution in [0.2, 0.25) is 0 Å². The van der Waals surface area contributed by atoms with Gasteiger partial charge in [-0.1, -0.05) is 0 Å². The third-order valence-electron chi connectivity index (χ3n) is 4.78. The second-order valence-electron chi connectivity index (χ2n) is 6.86. The van der Waals surface area contributed by atoms with E-state index in [1.54, 1.807) is 37.5 Å². The summed E-state index contributed by atoms with van der Waals surface area (Å²) in [5.41, 5.74) is 1.84. The van der Waals surface area contributed by atoms with Crippen molar-refractivity contribution in [2.24, 2.45) is 0 Å². The van der Waals surface area contributed by atoms with Crippen molar-refractivity contribution in [1.82, 2.24) is 9.80 Å². The highest BCUT2D eigenvalue weighted by atomic mass is 16.6. The van der Waals surface area contributed by atoms with E-state index in [9.17, 15) is 9.90 Å². The van der Waals surface area contributed by atoms with Gasteiger partial charge < -0.3 is 28.6 Å². The monoisotopic (exact) mass is 404 g/mol. The largest absolute Gasteiger partial charge is 0.497 e.